The highest BCUT2D eigenvalue weighted by Gasteiger charge is 2.27. The molecule has 5 heteroatoms. The summed E-state index contributed by atoms with van der Waals surface area (Å²) in [5.74, 6) is -1.85. The first-order valence-electron chi connectivity index (χ1n) is 4.95. The molecule has 0 fully saturated rings. The number of carbonyl (C=O) groups is 1. The van der Waals surface area contributed by atoms with E-state index in [1.165, 1.54) is 6.07 Å². The predicted molar refractivity (Wildman–Crippen MR) is 58.5 cm³/mol. The summed E-state index contributed by atoms with van der Waals surface area (Å²) in [7, 11) is 0. The first-order chi connectivity index (χ1) is 7.49. The van der Waals surface area contributed by atoms with E-state index in [2.05, 4.69) is 0 Å². The van der Waals surface area contributed by atoms with Gasteiger partial charge in [0.05, 0.1) is 10.8 Å². The molecule has 1 rings (SSSR count). The number of carboxylic acid groups (broad SMARTS) is 1. The molecular formula is C11H13NO4. The molecule has 0 saturated heterocycles. The molecule has 0 aliphatic rings. The summed E-state index contributed by atoms with van der Waals surface area (Å²) in [4.78, 5) is 21.3. The largest absolute Gasteiger partial charge is 0.481 e. The van der Waals surface area contributed by atoms with E-state index in [0.29, 0.717) is 17.5 Å². The van der Waals surface area contributed by atoms with Crippen molar-refractivity contribution >= 4 is 11.7 Å². The summed E-state index contributed by atoms with van der Waals surface area (Å²) in [6.07, 6.45) is 0.334. The second-order valence-electron chi connectivity index (χ2n) is 3.56. The molecule has 1 N–H and O–H groups in total. The molecule has 0 spiro atoms. The van der Waals surface area contributed by atoms with Gasteiger partial charge in [0.25, 0.3) is 5.69 Å². The predicted octanol–water partition coefficient (Wildman–Crippen LogP) is 2.48. The van der Waals surface area contributed by atoms with Crippen molar-refractivity contribution in [3.05, 3.63) is 39.4 Å². The van der Waals surface area contributed by atoms with Crippen molar-refractivity contribution in [1.29, 1.82) is 0 Å². The van der Waals surface area contributed by atoms with Crippen LogP contribution < -0.4 is 0 Å². The lowest BCUT2D eigenvalue weighted by Crippen LogP contribution is -2.13. The van der Waals surface area contributed by atoms with E-state index >= 15 is 0 Å². The number of aliphatic carboxylic acids is 1. The molecular weight excluding hydrogens is 210 g/mol. The fraction of sp³-hybridized carbons (Fsp3) is 0.364. The number of nitro benzene ring substituents is 1. The standard InChI is InChI=1S/C11H13NO4/c1-3-8(11(13)14)10-7(2)5-4-6-9(10)12(15)16/h4-6,8H,3H2,1-2H3,(H,13,14). The average molecular weight is 223 g/mol. The summed E-state index contributed by atoms with van der Waals surface area (Å²) in [6, 6.07) is 4.59. The van der Waals surface area contributed by atoms with Crippen molar-refractivity contribution in [2.45, 2.75) is 26.2 Å². The summed E-state index contributed by atoms with van der Waals surface area (Å²) in [6.45, 7) is 3.39. The first kappa shape index (κ1) is 12.2. The van der Waals surface area contributed by atoms with Crippen molar-refractivity contribution < 1.29 is 14.8 Å². The summed E-state index contributed by atoms with van der Waals surface area (Å²) < 4.78 is 0. The highest BCUT2D eigenvalue weighted by Crippen LogP contribution is 2.31. The fourth-order valence-corrected chi connectivity index (χ4v) is 1.78. The van der Waals surface area contributed by atoms with Crippen LogP contribution in [0.15, 0.2) is 18.2 Å². The molecule has 1 aromatic rings. The van der Waals surface area contributed by atoms with Gasteiger partial charge in [-0.05, 0) is 18.9 Å². The molecule has 0 aromatic heterocycles. The summed E-state index contributed by atoms with van der Waals surface area (Å²) >= 11 is 0. The van der Waals surface area contributed by atoms with Crippen LogP contribution in [0.4, 0.5) is 5.69 Å². The van der Waals surface area contributed by atoms with Crippen LogP contribution in [-0.2, 0) is 4.79 Å². The van der Waals surface area contributed by atoms with E-state index in [9.17, 15) is 14.9 Å². The van der Waals surface area contributed by atoms with Gasteiger partial charge in [-0.1, -0.05) is 19.1 Å². The SMILES string of the molecule is CCC(C(=O)O)c1c(C)cccc1[N+](=O)[O-]. The lowest BCUT2D eigenvalue weighted by Gasteiger charge is -2.13. The van der Waals surface area contributed by atoms with Crippen molar-refractivity contribution in [2.24, 2.45) is 0 Å². The second-order valence-corrected chi connectivity index (χ2v) is 3.56. The van der Waals surface area contributed by atoms with Crippen LogP contribution in [0.5, 0.6) is 0 Å². The maximum atomic E-state index is 11.0. The van der Waals surface area contributed by atoms with E-state index in [-0.39, 0.29) is 5.69 Å². The quantitative estimate of drug-likeness (QED) is 0.628. The lowest BCUT2D eigenvalue weighted by molar-refractivity contribution is -0.385. The number of rotatable bonds is 4. The highest BCUT2D eigenvalue weighted by atomic mass is 16.6. The van der Waals surface area contributed by atoms with Crippen molar-refractivity contribution in [1.82, 2.24) is 0 Å². The minimum atomic E-state index is -1.03. The highest BCUT2D eigenvalue weighted by molar-refractivity contribution is 5.78. The number of nitrogens with zero attached hydrogens (tertiary/aromatic N) is 1. The minimum Gasteiger partial charge on any atom is -0.481 e. The molecule has 16 heavy (non-hydrogen) atoms. The van der Waals surface area contributed by atoms with E-state index < -0.39 is 16.8 Å². The number of carboxylic acids is 1. The van der Waals surface area contributed by atoms with Gasteiger partial charge in [-0.25, -0.2) is 0 Å². The van der Waals surface area contributed by atoms with Gasteiger partial charge < -0.3 is 5.11 Å². The van der Waals surface area contributed by atoms with Crippen LogP contribution in [0.2, 0.25) is 0 Å². The van der Waals surface area contributed by atoms with Crippen molar-refractivity contribution in [3.8, 4) is 0 Å². The lowest BCUT2D eigenvalue weighted by atomic mass is 9.91. The topological polar surface area (TPSA) is 80.4 Å². The minimum absolute atomic E-state index is 0.116. The Hall–Kier alpha value is -1.91. The molecule has 0 radical (unpaired) electrons. The van der Waals surface area contributed by atoms with Gasteiger partial charge in [-0.2, -0.15) is 0 Å². The van der Waals surface area contributed by atoms with Gasteiger partial charge in [0.1, 0.15) is 0 Å². The number of hydrogen-bond donors (Lipinski definition) is 1. The maximum Gasteiger partial charge on any atom is 0.311 e. The number of hydrogen-bond acceptors (Lipinski definition) is 3. The Morgan fingerprint density at radius 1 is 1.56 bits per heavy atom. The molecule has 1 atom stereocenters. The number of aryl methyl sites for hydroxylation is 1. The average Bonchev–Trinajstić information content (AvgIpc) is 2.20. The number of benzene rings is 1. The van der Waals surface area contributed by atoms with Crippen molar-refractivity contribution in [3.63, 3.8) is 0 Å². The van der Waals surface area contributed by atoms with Gasteiger partial charge >= 0.3 is 5.97 Å². The summed E-state index contributed by atoms with van der Waals surface area (Å²) in [5, 5.41) is 19.9. The Labute approximate surface area is 92.9 Å². The zero-order valence-electron chi connectivity index (χ0n) is 9.14. The van der Waals surface area contributed by atoms with Gasteiger partial charge in [0.15, 0.2) is 0 Å². The smallest absolute Gasteiger partial charge is 0.311 e. The van der Waals surface area contributed by atoms with Gasteiger partial charge in [0, 0.05) is 11.6 Å². The van der Waals surface area contributed by atoms with Crippen LogP contribution in [0.3, 0.4) is 0 Å². The fourth-order valence-electron chi connectivity index (χ4n) is 1.78. The van der Waals surface area contributed by atoms with E-state index in [4.69, 9.17) is 5.11 Å². The van der Waals surface area contributed by atoms with E-state index in [0.717, 1.165) is 0 Å². The second kappa shape index (κ2) is 4.74. The third kappa shape index (κ3) is 2.18. The molecule has 0 heterocycles. The van der Waals surface area contributed by atoms with Crippen LogP contribution in [0, 0.1) is 17.0 Å². The van der Waals surface area contributed by atoms with Crippen LogP contribution in [0.25, 0.3) is 0 Å². The zero-order chi connectivity index (χ0) is 12.3. The Kier molecular flexibility index (Phi) is 3.60. The van der Waals surface area contributed by atoms with Crippen LogP contribution >= 0.6 is 0 Å². The summed E-state index contributed by atoms with van der Waals surface area (Å²) in [5.41, 5.74) is 0.834. The Morgan fingerprint density at radius 3 is 2.62 bits per heavy atom. The van der Waals surface area contributed by atoms with Crippen LogP contribution in [0.1, 0.15) is 30.4 Å². The van der Waals surface area contributed by atoms with Gasteiger partial charge in [-0.3, -0.25) is 14.9 Å². The van der Waals surface area contributed by atoms with Crippen molar-refractivity contribution in [2.75, 3.05) is 0 Å². The molecule has 0 aliphatic carbocycles. The zero-order valence-corrected chi connectivity index (χ0v) is 9.14. The van der Waals surface area contributed by atoms with Gasteiger partial charge in [0.2, 0.25) is 0 Å². The molecule has 0 bridgehead atoms. The molecule has 86 valence electrons. The van der Waals surface area contributed by atoms with E-state index in [1.54, 1.807) is 26.0 Å². The Bertz CT molecular complexity index is 428. The normalized spacial score (nSPS) is 12.1. The molecule has 1 unspecified atom stereocenters. The van der Waals surface area contributed by atoms with Gasteiger partial charge in [-0.15, -0.1) is 0 Å². The molecule has 1 aromatic carbocycles. The Morgan fingerprint density at radius 2 is 2.19 bits per heavy atom. The van der Waals surface area contributed by atoms with Crippen LogP contribution in [-0.4, -0.2) is 16.0 Å². The maximum absolute atomic E-state index is 11.0. The van der Waals surface area contributed by atoms with E-state index in [1.807, 2.05) is 0 Å². The molecule has 0 saturated carbocycles. The third-order valence-electron chi connectivity index (χ3n) is 2.55. The molecule has 5 nitrogen and oxygen atoms in total. The Balaban J connectivity index is 3.39. The first-order valence-corrected chi connectivity index (χ1v) is 4.95. The number of nitro groups is 1. The molecule has 0 aliphatic heterocycles. The monoisotopic (exact) mass is 223 g/mol. The third-order valence-corrected chi connectivity index (χ3v) is 2.55. The molecule has 0 amide bonds.